The van der Waals surface area contributed by atoms with E-state index in [0.717, 1.165) is 31.7 Å². The summed E-state index contributed by atoms with van der Waals surface area (Å²) in [5, 5.41) is 10.5. The second kappa shape index (κ2) is 4.87. The second-order valence-corrected chi connectivity index (χ2v) is 3.91. The van der Waals surface area contributed by atoms with Crippen LogP contribution in [0.1, 0.15) is 24.8 Å². The zero-order valence-corrected chi connectivity index (χ0v) is 9.00. The molecular formula is C10H14N4O2. The van der Waals surface area contributed by atoms with Crippen molar-refractivity contribution in [2.75, 3.05) is 18.0 Å². The van der Waals surface area contributed by atoms with Gasteiger partial charge >= 0.3 is 0 Å². The van der Waals surface area contributed by atoms with Crippen LogP contribution in [0.2, 0.25) is 0 Å². The molecule has 0 atom stereocenters. The molecule has 1 fully saturated rings. The van der Waals surface area contributed by atoms with E-state index < -0.39 is 0 Å². The Morgan fingerprint density at radius 2 is 2.12 bits per heavy atom. The van der Waals surface area contributed by atoms with Crippen LogP contribution in [0.25, 0.3) is 0 Å². The molecule has 0 N–H and O–H groups in total. The Morgan fingerprint density at radius 3 is 2.81 bits per heavy atom. The van der Waals surface area contributed by atoms with Crippen LogP contribution in [0.3, 0.4) is 0 Å². The van der Waals surface area contributed by atoms with Crippen molar-refractivity contribution in [3.8, 4) is 0 Å². The molecule has 6 heteroatoms. The molecule has 0 bridgehead atoms. The Hall–Kier alpha value is -1.72. The van der Waals surface area contributed by atoms with E-state index in [2.05, 4.69) is 14.9 Å². The van der Waals surface area contributed by atoms with Crippen molar-refractivity contribution in [3.63, 3.8) is 0 Å². The normalized spacial score (nSPS) is 16.1. The SMILES string of the molecule is O=[N+]([O-])Cc1cncnc1N1CCCCC1. The smallest absolute Gasteiger partial charge is 0.234 e. The van der Waals surface area contributed by atoms with E-state index in [9.17, 15) is 10.1 Å². The molecule has 2 rings (SSSR count). The fourth-order valence-corrected chi connectivity index (χ4v) is 1.99. The average molecular weight is 222 g/mol. The largest absolute Gasteiger partial charge is 0.356 e. The minimum Gasteiger partial charge on any atom is -0.356 e. The van der Waals surface area contributed by atoms with Crippen molar-refractivity contribution in [1.82, 2.24) is 9.97 Å². The maximum Gasteiger partial charge on any atom is 0.234 e. The number of piperidine rings is 1. The molecule has 0 saturated carbocycles. The Bertz CT molecular complexity index is 377. The van der Waals surface area contributed by atoms with Crippen LogP contribution in [0, 0.1) is 10.1 Å². The summed E-state index contributed by atoms with van der Waals surface area (Å²) in [4.78, 5) is 20.3. The third kappa shape index (κ3) is 2.44. The van der Waals surface area contributed by atoms with Crippen molar-refractivity contribution in [2.45, 2.75) is 25.8 Å². The summed E-state index contributed by atoms with van der Waals surface area (Å²) in [7, 11) is 0. The molecular weight excluding hydrogens is 208 g/mol. The van der Waals surface area contributed by atoms with Crippen LogP contribution < -0.4 is 4.90 Å². The van der Waals surface area contributed by atoms with Crippen molar-refractivity contribution >= 4 is 5.82 Å². The molecule has 6 nitrogen and oxygen atoms in total. The topological polar surface area (TPSA) is 72.2 Å². The Kier molecular flexibility index (Phi) is 3.28. The van der Waals surface area contributed by atoms with Crippen LogP contribution in [-0.4, -0.2) is 28.0 Å². The molecule has 1 aliphatic heterocycles. The van der Waals surface area contributed by atoms with Gasteiger partial charge < -0.3 is 4.90 Å². The van der Waals surface area contributed by atoms with Crippen molar-refractivity contribution < 1.29 is 4.92 Å². The van der Waals surface area contributed by atoms with Crippen LogP contribution in [0.15, 0.2) is 12.5 Å². The van der Waals surface area contributed by atoms with Crippen LogP contribution in [0.5, 0.6) is 0 Å². The second-order valence-electron chi connectivity index (χ2n) is 3.91. The van der Waals surface area contributed by atoms with E-state index in [-0.39, 0.29) is 11.5 Å². The van der Waals surface area contributed by atoms with E-state index >= 15 is 0 Å². The summed E-state index contributed by atoms with van der Waals surface area (Å²) >= 11 is 0. The minimum absolute atomic E-state index is 0.202. The van der Waals surface area contributed by atoms with Crippen molar-refractivity contribution in [2.24, 2.45) is 0 Å². The van der Waals surface area contributed by atoms with Gasteiger partial charge in [-0.1, -0.05) is 0 Å². The quantitative estimate of drug-likeness (QED) is 0.568. The molecule has 1 aliphatic rings. The first-order valence-corrected chi connectivity index (χ1v) is 5.43. The number of anilines is 1. The van der Waals surface area contributed by atoms with E-state index in [1.165, 1.54) is 12.7 Å². The van der Waals surface area contributed by atoms with Gasteiger partial charge in [-0.15, -0.1) is 0 Å². The van der Waals surface area contributed by atoms with E-state index in [4.69, 9.17) is 0 Å². The number of hydrogen-bond donors (Lipinski definition) is 0. The lowest BCUT2D eigenvalue weighted by atomic mass is 10.1. The molecule has 1 aromatic heterocycles. The maximum atomic E-state index is 10.5. The lowest BCUT2D eigenvalue weighted by Gasteiger charge is -2.28. The van der Waals surface area contributed by atoms with Gasteiger partial charge in [0.2, 0.25) is 6.54 Å². The molecule has 1 aromatic rings. The molecule has 0 unspecified atom stereocenters. The van der Waals surface area contributed by atoms with Crippen LogP contribution in [0.4, 0.5) is 5.82 Å². The minimum atomic E-state index is -0.341. The molecule has 16 heavy (non-hydrogen) atoms. The predicted octanol–water partition coefficient (Wildman–Crippen LogP) is 1.24. The zero-order chi connectivity index (χ0) is 11.4. The highest BCUT2D eigenvalue weighted by molar-refractivity contribution is 5.45. The lowest BCUT2D eigenvalue weighted by molar-refractivity contribution is -0.496. The molecule has 0 amide bonds. The van der Waals surface area contributed by atoms with Gasteiger partial charge in [0.15, 0.2) is 0 Å². The van der Waals surface area contributed by atoms with Crippen LogP contribution in [-0.2, 0) is 6.54 Å². The molecule has 0 radical (unpaired) electrons. The number of aromatic nitrogens is 2. The van der Waals surface area contributed by atoms with Gasteiger partial charge in [0.1, 0.15) is 12.1 Å². The molecule has 1 saturated heterocycles. The van der Waals surface area contributed by atoms with Crippen molar-refractivity contribution in [3.05, 3.63) is 28.2 Å². The fraction of sp³-hybridized carbons (Fsp3) is 0.600. The first-order chi connectivity index (χ1) is 7.77. The predicted molar refractivity (Wildman–Crippen MR) is 58.8 cm³/mol. The average Bonchev–Trinajstić information content (AvgIpc) is 2.30. The van der Waals surface area contributed by atoms with Gasteiger partial charge in [-0.05, 0) is 19.3 Å². The van der Waals surface area contributed by atoms with E-state index in [0.29, 0.717) is 5.56 Å². The highest BCUT2D eigenvalue weighted by atomic mass is 16.6. The summed E-state index contributed by atoms with van der Waals surface area (Å²) in [6.45, 7) is 1.66. The number of nitro groups is 1. The molecule has 2 heterocycles. The first-order valence-electron chi connectivity index (χ1n) is 5.43. The maximum absolute atomic E-state index is 10.5. The van der Waals surface area contributed by atoms with Gasteiger partial charge in [-0.2, -0.15) is 0 Å². The Balaban J connectivity index is 2.20. The van der Waals surface area contributed by atoms with Gasteiger partial charge in [-0.3, -0.25) is 10.1 Å². The summed E-state index contributed by atoms with van der Waals surface area (Å²) in [5.41, 5.74) is 0.606. The van der Waals surface area contributed by atoms with Gasteiger partial charge in [-0.25, -0.2) is 9.97 Å². The summed E-state index contributed by atoms with van der Waals surface area (Å²) in [6, 6.07) is 0. The van der Waals surface area contributed by atoms with E-state index in [1.807, 2.05) is 0 Å². The molecule has 0 spiro atoms. The number of hydrogen-bond acceptors (Lipinski definition) is 5. The molecule has 0 aliphatic carbocycles. The van der Waals surface area contributed by atoms with Crippen molar-refractivity contribution in [1.29, 1.82) is 0 Å². The molecule has 0 aromatic carbocycles. The van der Waals surface area contributed by atoms with Crippen LogP contribution >= 0.6 is 0 Å². The third-order valence-corrected chi connectivity index (χ3v) is 2.72. The third-order valence-electron chi connectivity index (χ3n) is 2.72. The summed E-state index contributed by atoms with van der Waals surface area (Å²) in [5.74, 6) is 0.728. The summed E-state index contributed by atoms with van der Waals surface area (Å²) < 4.78 is 0. The van der Waals surface area contributed by atoms with Gasteiger partial charge in [0, 0.05) is 24.2 Å². The summed E-state index contributed by atoms with van der Waals surface area (Å²) in [6.07, 6.45) is 6.48. The Morgan fingerprint density at radius 1 is 1.38 bits per heavy atom. The number of nitrogens with zero attached hydrogens (tertiary/aromatic N) is 4. The monoisotopic (exact) mass is 222 g/mol. The highest BCUT2D eigenvalue weighted by Gasteiger charge is 2.18. The van der Waals surface area contributed by atoms with Gasteiger partial charge in [0.25, 0.3) is 0 Å². The molecule has 86 valence electrons. The van der Waals surface area contributed by atoms with E-state index in [1.54, 1.807) is 6.20 Å². The first kappa shape index (κ1) is 10.8. The standard InChI is InChI=1S/C10H14N4O2/c15-14(16)7-9-6-11-8-12-10(9)13-4-2-1-3-5-13/h6,8H,1-5,7H2. The van der Waals surface area contributed by atoms with Gasteiger partial charge in [0.05, 0.1) is 5.56 Å². The Labute approximate surface area is 93.5 Å². The fourth-order valence-electron chi connectivity index (χ4n) is 1.99. The highest BCUT2D eigenvalue weighted by Crippen LogP contribution is 2.21. The lowest BCUT2D eigenvalue weighted by Crippen LogP contribution is -2.31. The zero-order valence-electron chi connectivity index (χ0n) is 9.00. The number of rotatable bonds is 3.